The number of hydrogen-bond acceptors (Lipinski definition) is 6. The number of likely N-dealkylation sites (N-methyl/N-ethyl adjacent to an activating group) is 1. The fourth-order valence-corrected chi connectivity index (χ4v) is 5.75. The van der Waals surface area contributed by atoms with Crippen LogP contribution in [-0.4, -0.2) is 45.6 Å². The third-order valence-electron chi connectivity index (χ3n) is 8.16. The van der Waals surface area contributed by atoms with Gasteiger partial charge in [-0.25, -0.2) is 4.68 Å². The Morgan fingerprint density at radius 2 is 1.89 bits per heavy atom. The average molecular weight is 591 g/mol. The third-order valence-corrected chi connectivity index (χ3v) is 8.16. The van der Waals surface area contributed by atoms with E-state index in [0.29, 0.717) is 40.9 Å². The van der Waals surface area contributed by atoms with Crippen molar-refractivity contribution >= 4 is 34.0 Å². The monoisotopic (exact) mass is 590 g/mol. The number of hydrogen-bond donors (Lipinski definition) is 3. The van der Waals surface area contributed by atoms with Crippen LogP contribution in [0.3, 0.4) is 0 Å². The molecule has 224 valence electrons. The van der Waals surface area contributed by atoms with E-state index in [9.17, 15) is 14.4 Å². The van der Waals surface area contributed by atoms with Gasteiger partial charge in [-0.2, -0.15) is 5.10 Å². The number of ether oxygens (including phenoxy) is 1. The highest BCUT2D eigenvalue weighted by atomic mass is 16.5. The molecule has 4 heterocycles. The molecule has 0 saturated carbocycles. The van der Waals surface area contributed by atoms with Crippen molar-refractivity contribution in [2.45, 2.75) is 38.3 Å². The van der Waals surface area contributed by atoms with Crippen LogP contribution in [0, 0.1) is 0 Å². The van der Waals surface area contributed by atoms with E-state index in [1.165, 1.54) is 0 Å². The zero-order valence-electron chi connectivity index (χ0n) is 24.8. The number of amides is 2. The number of pyridine rings is 1. The summed E-state index contributed by atoms with van der Waals surface area (Å²) in [6, 6.07) is 19.8. The van der Waals surface area contributed by atoms with Gasteiger partial charge in [-0.05, 0) is 82.9 Å². The summed E-state index contributed by atoms with van der Waals surface area (Å²) in [6.45, 7) is 2.31. The van der Waals surface area contributed by atoms with E-state index in [4.69, 9.17) is 4.74 Å². The highest BCUT2D eigenvalue weighted by molar-refractivity contribution is 5.91. The maximum Gasteiger partial charge on any atom is 0.255 e. The van der Waals surface area contributed by atoms with Gasteiger partial charge >= 0.3 is 0 Å². The van der Waals surface area contributed by atoms with Crippen LogP contribution >= 0.6 is 0 Å². The Morgan fingerprint density at radius 3 is 2.68 bits per heavy atom. The molecule has 0 saturated heterocycles. The maximum absolute atomic E-state index is 14.3. The van der Waals surface area contributed by atoms with Gasteiger partial charge in [-0.15, -0.1) is 0 Å². The summed E-state index contributed by atoms with van der Waals surface area (Å²) in [7, 11) is 3.35. The van der Waals surface area contributed by atoms with Crippen LogP contribution < -0.4 is 20.9 Å². The molecule has 44 heavy (non-hydrogen) atoms. The number of nitrogens with zero attached hydrogens (tertiary/aromatic N) is 3. The van der Waals surface area contributed by atoms with Crippen molar-refractivity contribution in [2.75, 3.05) is 24.8 Å². The van der Waals surface area contributed by atoms with E-state index in [2.05, 4.69) is 27.6 Å². The molecule has 5 aromatic rings. The second kappa shape index (κ2) is 12.1. The largest absolute Gasteiger partial charge is 0.496 e. The smallest absolute Gasteiger partial charge is 0.255 e. The first-order valence-corrected chi connectivity index (χ1v) is 14.5. The molecular formula is C34H34N6O4. The lowest BCUT2D eigenvalue weighted by molar-refractivity contribution is -0.131. The number of aromatic nitrogens is 3. The number of fused-ring (bicyclic) bond motifs is 10. The minimum atomic E-state index is -0.789. The lowest BCUT2D eigenvalue weighted by Gasteiger charge is -2.28. The van der Waals surface area contributed by atoms with Gasteiger partial charge in [0.25, 0.3) is 5.56 Å². The molecule has 2 aliphatic heterocycles. The second-order valence-electron chi connectivity index (χ2n) is 11.2. The van der Waals surface area contributed by atoms with Crippen LogP contribution in [0.15, 0.2) is 90.1 Å². The topological polar surface area (TPSA) is 121 Å². The van der Waals surface area contributed by atoms with E-state index >= 15 is 0 Å². The summed E-state index contributed by atoms with van der Waals surface area (Å²) < 4.78 is 7.54. The molecule has 10 heteroatoms. The number of methoxy groups -OCH3 is 1. The molecule has 2 aromatic heterocycles. The molecule has 10 nitrogen and oxygen atoms in total. The number of aromatic amines is 1. The highest BCUT2D eigenvalue weighted by Crippen LogP contribution is 2.34. The Bertz CT molecular complexity index is 1900. The molecule has 0 spiro atoms. The van der Waals surface area contributed by atoms with Crippen LogP contribution in [0.2, 0.25) is 0 Å². The molecule has 3 aromatic carbocycles. The predicted octanol–water partition coefficient (Wildman–Crippen LogP) is 5.37. The number of anilines is 2. The molecule has 0 radical (unpaired) electrons. The summed E-state index contributed by atoms with van der Waals surface area (Å²) in [4.78, 5) is 44.2. The minimum absolute atomic E-state index is 0.0346. The van der Waals surface area contributed by atoms with Gasteiger partial charge in [-0.3, -0.25) is 14.4 Å². The molecule has 2 amide bonds. The van der Waals surface area contributed by atoms with Crippen molar-refractivity contribution in [1.29, 1.82) is 0 Å². The molecule has 0 fully saturated rings. The zero-order valence-corrected chi connectivity index (χ0v) is 24.8. The van der Waals surface area contributed by atoms with Crippen LogP contribution in [0.1, 0.15) is 48.4 Å². The Kier molecular flexibility index (Phi) is 7.89. The predicted molar refractivity (Wildman–Crippen MR) is 170 cm³/mol. The number of carbonyl (C=O) groups excluding carboxylic acids is 2. The number of carbonyl (C=O) groups is 2. The van der Waals surface area contributed by atoms with Gasteiger partial charge in [0.05, 0.1) is 12.8 Å². The summed E-state index contributed by atoms with van der Waals surface area (Å²) in [5.74, 6) is 0.404. The van der Waals surface area contributed by atoms with Crippen molar-refractivity contribution in [1.82, 2.24) is 19.7 Å². The van der Waals surface area contributed by atoms with Gasteiger partial charge < -0.3 is 25.3 Å². The Morgan fingerprint density at radius 1 is 1.02 bits per heavy atom. The normalized spacial score (nSPS) is 17.5. The van der Waals surface area contributed by atoms with Gasteiger partial charge in [0.2, 0.25) is 11.8 Å². The Labute approximate surface area is 254 Å². The van der Waals surface area contributed by atoms with Crippen LogP contribution in [0.4, 0.5) is 11.4 Å². The van der Waals surface area contributed by atoms with E-state index in [0.717, 1.165) is 22.2 Å². The van der Waals surface area contributed by atoms with Crippen LogP contribution in [-0.2, 0) is 16.1 Å². The van der Waals surface area contributed by atoms with Crippen molar-refractivity contribution < 1.29 is 14.3 Å². The molecule has 3 N–H and O–H groups in total. The molecule has 2 aliphatic rings. The van der Waals surface area contributed by atoms with E-state index < -0.39 is 6.04 Å². The fraction of sp³-hybridized carbons (Fsp3) is 0.235. The van der Waals surface area contributed by atoms with Crippen molar-refractivity contribution in [3.05, 3.63) is 112 Å². The average Bonchev–Trinajstić information content (AvgIpc) is 3.57. The quantitative estimate of drug-likeness (QED) is 0.259. The highest BCUT2D eigenvalue weighted by Gasteiger charge is 2.27. The molecule has 4 bridgehead atoms. The summed E-state index contributed by atoms with van der Waals surface area (Å²) in [5.41, 5.74) is 4.36. The second-order valence-corrected chi connectivity index (χ2v) is 11.2. The molecular weight excluding hydrogens is 556 g/mol. The lowest BCUT2D eigenvalue weighted by Crippen LogP contribution is -2.35. The first-order chi connectivity index (χ1) is 21.3. The zero-order chi connectivity index (χ0) is 30.8. The Balaban J connectivity index is 1.45. The van der Waals surface area contributed by atoms with E-state index in [1.54, 1.807) is 42.2 Å². The summed E-state index contributed by atoms with van der Waals surface area (Å²) >= 11 is 0. The van der Waals surface area contributed by atoms with Gasteiger partial charge in [-0.1, -0.05) is 25.1 Å². The van der Waals surface area contributed by atoms with Crippen molar-refractivity contribution in [2.24, 2.45) is 0 Å². The number of nitrogens with one attached hydrogen (secondary N) is 3. The van der Waals surface area contributed by atoms with Crippen molar-refractivity contribution in [3.63, 3.8) is 0 Å². The van der Waals surface area contributed by atoms with Gasteiger partial charge in [0.1, 0.15) is 11.8 Å². The summed E-state index contributed by atoms with van der Waals surface area (Å²) in [5, 5.41) is 12.1. The van der Waals surface area contributed by atoms with Gasteiger partial charge in [0, 0.05) is 55.4 Å². The van der Waals surface area contributed by atoms with Crippen molar-refractivity contribution in [3.8, 4) is 11.4 Å². The molecule has 0 unspecified atom stereocenters. The maximum atomic E-state index is 14.3. The first-order valence-electron chi connectivity index (χ1n) is 14.5. The third kappa shape index (κ3) is 5.78. The molecule has 0 aliphatic carbocycles. The van der Waals surface area contributed by atoms with Crippen LogP contribution in [0.5, 0.6) is 5.75 Å². The number of H-pyrrole nitrogens is 1. The first kappa shape index (κ1) is 28.7. The molecule has 2 atom stereocenters. The molecule has 7 rings (SSSR count). The Hall–Kier alpha value is -5.38. The standard InChI is InChI=1S/C34H34N6O4/c1-21-5-12-31(41)37-25-9-11-29(40-16-4-14-36-40)24(17-25)20-39(2)34(43)32(23-7-10-27(21)30(18-23)44-3)38-26-8-6-22-13-15-35-33(42)28(22)19-26/h4,6-11,13-19,21,32,38H,5,12,20H2,1-3H3,(H,35,42)(H,37,41)/t21-,32+/m0/s1. The van der Waals surface area contributed by atoms with E-state index in [1.807, 2.05) is 66.9 Å². The van der Waals surface area contributed by atoms with E-state index in [-0.39, 0.29) is 29.8 Å². The van der Waals surface area contributed by atoms with Gasteiger partial charge in [0.15, 0.2) is 0 Å². The minimum Gasteiger partial charge on any atom is -0.496 e. The number of benzene rings is 3. The summed E-state index contributed by atoms with van der Waals surface area (Å²) in [6.07, 6.45) is 6.11. The fourth-order valence-electron chi connectivity index (χ4n) is 5.75. The SMILES string of the molecule is COc1cc2ccc1[C@@H](C)CCC(=O)Nc1ccc(-n3cccn3)c(c1)CN(C)C(=O)[C@@H]2Nc1ccc2cc[nH]c(=O)c2c1. The number of rotatable bonds is 4. The lowest BCUT2D eigenvalue weighted by atomic mass is 9.92. The van der Waals surface area contributed by atoms with Crippen LogP contribution in [0.25, 0.3) is 16.5 Å².